The van der Waals surface area contributed by atoms with Gasteiger partial charge in [0.05, 0.1) is 21.7 Å². The van der Waals surface area contributed by atoms with Crippen LogP contribution in [-0.2, 0) is 4.79 Å². The Morgan fingerprint density at radius 2 is 1.96 bits per heavy atom. The quantitative estimate of drug-likeness (QED) is 0.622. The van der Waals surface area contributed by atoms with E-state index in [2.05, 4.69) is 15.9 Å². The number of nitrogens with zero attached hydrogens (tertiary/aromatic N) is 1. The zero-order valence-electron chi connectivity index (χ0n) is 13.5. The molecule has 5 nitrogen and oxygen atoms in total. The number of aromatic hydroxyl groups is 1. The lowest BCUT2D eigenvalue weighted by Gasteiger charge is -2.12. The Hall–Kier alpha value is -1.96. The van der Waals surface area contributed by atoms with E-state index in [0.29, 0.717) is 33.1 Å². The largest absolute Gasteiger partial charge is 0.503 e. The molecule has 0 aromatic heterocycles. The van der Waals surface area contributed by atoms with Crippen LogP contribution < -0.4 is 9.64 Å². The van der Waals surface area contributed by atoms with Crippen LogP contribution in [0.3, 0.4) is 0 Å². The maximum atomic E-state index is 12.7. The number of phenolic OH excluding ortho intramolecular Hbond substituents is 1. The number of halogens is 2. The lowest BCUT2D eigenvalue weighted by Crippen LogP contribution is -2.27. The number of thioether (sulfide) groups is 1. The van der Waals surface area contributed by atoms with Gasteiger partial charge >= 0.3 is 0 Å². The highest BCUT2D eigenvalue weighted by molar-refractivity contribution is 9.10. The van der Waals surface area contributed by atoms with Gasteiger partial charge in [0.25, 0.3) is 11.1 Å². The lowest BCUT2D eigenvalue weighted by molar-refractivity contribution is -0.113. The maximum absolute atomic E-state index is 12.7. The van der Waals surface area contributed by atoms with Gasteiger partial charge in [-0.3, -0.25) is 9.59 Å². The number of anilines is 1. The van der Waals surface area contributed by atoms with Crippen molar-refractivity contribution in [2.45, 2.75) is 6.92 Å². The van der Waals surface area contributed by atoms with Gasteiger partial charge in [0.1, 0.15) is 0 Å². The topological polar surface area (TPSA) is 66.8 Å². The predicted molar refractivity (Wildman–Crippen MR) is 107 cm³/mol. The number of ether oxygens (including phenoxy) is 1. The summed E-state index contributed by atoms with van der Waals surface area (Å²) in [7, 11) is 0. The highest BCUT2D eigenvalue weighted by Gasteiger charge is 2.36. The number of imide groups is 1. The van der Waals surface area contributed by atoms with Crippen LogP contribution in [0.25, 0.3) is 6.08 Å². The third-order valence-corrected chi connectivity index (χ3v) is 5.25. The third kappa shape index (κ3) is 3.75. The van der Waals surface area contributed by atoms with Crippen molar-refractivity contribution in [2.24, 2.45) is 0 Å². The minimum absolute atomic E-state index is 0.0155. The zero-order valence-corrected chi connectivity index (χ0v) is 16.7. The number of phenols is 1. The summed E-state index contributed by atoms with van der Waals surface area (Å²) in [5, 5.41) is 10.1. The molecule has 0 spiro atoms. The summed E-state index contributed by atoms with van der Waals surface area (Å²) in [4.78, 5) is 26.3. The second-order valence-electron chi connectivity index (χ2n) is 5.28. The van der Waals surface area contributed by atoms with E-state index in [1.807, 2.05) is 0 Å². The standard InChI is InChI=1S/C18H13BrClNO4S/c1-2-25-14-8-10(7-13(19)16(14)22)9-15-17(23)21(18(24)26-15)12-5-3-11(20)4-6-12/h3-9,22H,2H2,1H3/b15-9+. The van der Waals surface area contributed by atoms with Crippen molar-refractivity contribution in [3.05, 3.63) is 56.4 Å². The fraction of sp³-hybridized carbons (Fsp3) is 0.111. The predicted octanol–water partition coefficient (Wildman–Crippen LogP) is 5.45. The van der Waals surface area contributed by atoms with E-state index in [0.717, 1.165) is 16.7 Å². The molecule has 1 fully saturated rings. The summed E-state index contributed by atoms with van der Waals surface area (Å²) >= 11 is 9.96. The summed E-state index contributed by atoms with van der Waals surface area (Å²) in [6.07, 6.45) is 1.59. The van der Waals surface area contributed by atoms with Crippen molar-refractivity contribution in [2.75, 3.05) is 11.5 Å². The van der Waals surface area contributed by atoms with Crippen molar-refractivity contribution in [3.63, 3.8) is 0 Å². The van der Waals surface area contributed by atoms with Crippen LogP contribution in [0.5, 0.6) is 11.5 Å². The average molecular weight is 455 g/mol. The Morgan fingerprint density at radius 1 is 1.27 bits per heavy atom. The molecule has 1 saturated heterocycles. The molecule has 2 amide bonds. The molecule has 2 aromatic carbocycles. The highest BCUT2D eigenvalue weighted by Crippen LogP contribution is 2.39. The second kappa shape index (κ2) is 7.73. The number of rotatable bonds is 4. The summed E-state index contributed by atoms with van der Waals surface area (Å²) in [5.74, 6) is -0.132. The van der Waals surface area contributed by atoms with Crippen molar-refractivity contribution in [3.8, 4) is 11.5 Å². The van der Waals surface area contributed by atoms with Gasteiger partial charge < -0.3 is 9.84 Å². The fourth-order valence-electron chi connectivity index (χ4n) is 2.37. The van der Waals surface area contributed by atoms with Crippen LogP contribution in [-0.4, -0.2) is 22.9 Å². The summed E-state index contributed by atoms with van der Waals surface area (Å²) < 4.78 is 5.82. The average Bonchev–Trinajstić information content (AvgIpc) is 2.87. The normalized spacial score (nSPS) is 15.8. The number of benzene rings is 2. The van der Waals surface area contributed by atoms with Crippen molar-refractivity contribution in [1.82, 2.24) is 0 Å². The highest BCUT2D eigenvalue weighted by atomic mass is 79.9. The zero-order chi connectivity index (χ0) is 18.8. The van der Waals surface area contributed by atoms with Crippen LogP contribution in [0.15, 0.2) is 45.8 Å². The summed E-state index contributed by atoms with van der Waals surface area (Å²) in [5.41, 5.74) is 1.09. The lowest BCUT2D eigenvalue weighted by atomic mass is 10.2. The van der Waals surface area contributed by atoms with Gasteiger partial charge in [-0.15, -0.1) is 0 Å². The Kier molecular flexibility index (Phi) is 5.60. The van der Waals surface area contributed by atoms with E-state index < -0.39 is 5.91 Å². The molecule has 1 aliphatic heterocycles. The van der Waals surface area contributed by atoms with Crippen LogP contribution in [0.4, 0.5) is 10.5 Å². The van der Waals surface area contributed by atoms with E-state index in [-0.39, 0.29) is 15.9 Å². The fourth-order valence-corrected chi connectivity index (χ4v) is 3.80. The smallest absolute Gasteiger partial charge is 0.298 e. The molecule has 0 bridgehead atoms. The van der Waals surface area contributed by atoms with E-state index in [9.17, 15) is 14.7 Å². The molecule has 26 heavy (non-hydrogen) atoms. The van der Waals surface area contributed by atoms with Crippen molar-refractivity contribution >= 4 is 62.2 Å². The molecule has 134 valence electrons. The number of carbonyl (C=O) groups is 2. The van der Waals surface area contributed by atoms with Crippen LogP contribution in [0.1, 0.15) is 12.5 Å². The van der Waals surface area contributed by atoms with Gasteiger partial charge in [-0.25, -0.2) is 4.90 Å². The Labute approximate surface area is 167 Å². The molecule has 1 aliphatic rings. The Morgan fingerprint density at radius 3 is 2.62 bits per heavy atom. The van der Waals surface area contributed by atoms with E-state index in [1.165, 1.54) is 0 Å². The molecule has 0 saturated carbocycles. The molecular weight excluding hydrogens is 442 g/mol. The van der Waals surface area contributed by atoms with Gasteiger partial charge in [0.15, 0.2) is 11.5 Å². The summed E-state index contributed by atoms with van der Waals surface area (Å²) in [6.45, 7) is 2.19. The molecular formula is C18H13BrClNO4S. The van der Waals surface area contributed by atoms with E-state index in [4.69, 9.17) is 16.3 Å². The third-order valence-electron chi connectivity index (χ3n) is 3.53. The van der Waals surface area contributed by atoms with Crippen LogP contribution in [0, 0.1) is 0 Å². The SMILES string of the molecule is CCOc1cc(/C=C2/SC(=O)N(c3ccc(Cl)cc3)C2=O)cc(Br)c1O. The van der Waals surface area contributed by atoms with Gasteiger partial charge in [-0.05, 0) is 82.7 Å². The Balaban J connectivity index is 1.94. The van der Waals surface area contributed by atoms with Gasteiger partial charge in [0.2, 0.25) is 0 Å². The van der Waals surface area contributed by atoms with Crippen LogP contribution in [0.2, 0.25) is 5.02 Å². The van der Waals surface area contributed by atoms with E-state index >= 15 is 0 Å². The van der Waals surface area contributed by atoms with Crippen molar-refractivity contribution < 1.29 is 19.4 Å². The minimum Gasteiger partial charge on any atom is -0.503 e. The van der Waals surface area contributed by atoms with E-state index in [1.54, 1.807) is 49.4 Å². The first-order valence-corrected chi connectivity index (χ1v) is 9.58. The maximum Gasteiger partial charge on any atom is 0.298 e. The monoisotopic (exact) mass is 453 g/mol. The molecule has 1 heterocycles. The molecule has 0 atom stereocenters. The number of carbonyl (C=O) groups excluding carboxylic acids is 2. The molecule has 2 aromatic rings. The molecule has 0 unspecified atom stereocenters. The molecule has 8 heteroatoms. The molecule has 1 N–H and O–H groups in total. The first-order chi connectivity index (χ1) is 12.4. The first kappa shape index (κ1) is 18.8. The Bertz CT molecular complexity index is 914. The van der Waals surface area contributed by atoms with Gasteiger partial charge in [0, 0.05) is 5.02 Å². The summed E-state index contributed by atoms with van der Waals surface area (Å²) in [6, 6.07) is 9.73. The molecule has 0 radical (unpaired) electrons. The van der Waals surface area contributed by atoms with Crippen molar-refractivity contribution in [1.29, 1.82) is 0 Å². The molecule has 0 aliphatic carbocycles. The number of amides is 2. The minimum atomic E-state index is -0.413. The number of hydrogen-bond donors (Lipinski definition) is 1. The van der Waals surface area contributed by atoms with Gasteiger partial charge in [-0.1, -0.05) is 11.6 Å². The van der Waals surface area contributed by atoms with Gasteiger partial charge in [-0.2, -0.15) is 0 Å². The van der Waals surface area contributed by atoms with Crippen LogP contribution >= 0.6 is 39.3 Å². The number of hydrogen-bond acceptors (Lipinski definition) is 5. The first-order valence-electron chi connectivity index (χ1n) is 7.59. The molecule has 3 rings (SSSR count). The second-order valence-corrected chi connectivity index (χ2v) is 7.56.